The van der Waals surface area contributed by atoms with Crippen LogP contribution in [0.5, 0.6) is 0 Å². The van der Waals surface area contributed by atoms with Crippen LogP contribution >= 0.6 is 11.6 Å². The van der Waals surface area contributed by atoms with Gasteiger partial charge in [0.05, 0.1) is 18.8 Å². The van der Waals surface area contributed by atoms with Crippen molar-refractivity contribution in [1.29, 1.82) is 0 Å². The van der Waals surface area contributed by atoms with Crippen molar-refractivity contribution in [2.75, 3.05) is 6.61 Å². The molecule has 1 rings (SSSR count). The van der Waals surface area contributed by atoms with Crippen molar-refractivity contribution in [2.45, 2.75) is 25.0 Å². The van der Waals surface area contributed by atoms with Gasteiger partial charge in [-0.05, 0) is 18.9 Å². The molecule has 0 amide bonds. The first-order valence-corrected chi connectivity index (χ1v) is 3.83. The van der Waals surface area contributed by atoms with E-state index in [1.54, 1.807) is 6.08 Å². The second-order valence-electron chi connectivity index (χ2n) is 2.37. The van der Waals surface area contributed by atoms with Crippen LogP contribution in [0.3, 0.4) is 0 Å². The molecule has 2 nitrogen and oxygen atoms in total. The molecule has 1 heterocycles. The highest BCUT2D eigenvalue weighted by Crippen LogP contribution is 2.19. The van der Waals surface area contributed by atoms with Crippen molar-refractivity contribution < 1.29 is 9.84 Å². The molecule has 1 aliphatic heterocycles. The molecule has 1 N–H and O–H groups in total. The molecule has 0 spiro atoms. The van der Waals surface area contributed by atoms with Gasteiger partial charge in [-0.3, -0.25) is 0 Å². The van der Waals surface area contributed by atoms with E-state index in [0.29, 0.717) is 0 Å². The molecule has 0 radical (unpaired) electrons. The summed E-state index contributed by atoms with van der Waals surface area (Å²) in [4.78, 5) is 0. The Labute approximate surface area is 65.4 Å². The molecule has 1 aliphatic rings. The molecule has 1 fully saturated rings. The third-order valence-electron chi connectivity index (χ3n) is 1.63. The Morgan fingerprint density at radius 1 is 1.60 bits per heavy atom. The fourth-order valence-electron chi connectivity index (χ4n) is 1.09. The highest BCUT2D eigenvalue weighted by molar-refractivity contribution is 6.25. The van der Waals surface area contributed by atoms with E-state index in [2.05, 4.69) is 0 Å². The molecule has 3 heteroatoms. The average Bonchev–Trinajstić information content (AvgIpc) is 2.37. The molecule has 0 aromatic carbocycles. The van der Waals surface area contributed by atoms with E-state index in [0.717, 1.165) is 12.8 Å². The van der Waals surface area contributed by atoms with Gasteiger partial charge < -0.3 is 9.84 Å². The summed E-state index contributed by atoms with van der Waals surface area (Å²) in [5, 5.41) is 8.67. The minimum Gasteiger partial charge on any atom is -0.394 e. The zero-order valence-corrected chi connectivity index (χ0v) is 6.42. The smallest absolute Gasteiger partial charge is 0.0814 e. The molecule has 0 aromatic heterocycles. The number of hydrogen-bond donors (Lipinski definition) is 1. The van der Waals surface area contributed by atoms with Crippen LogP contribution in [0.15, 0.2) is 11.6 Å². The van der Waals surface area contributed by atoms with E-state index < -0.39 is 0 Å². The maximum Gasteiger partial charge on any atom is 0.0814 e. The molecule has 0 bridgehead atoms. The summed E-state index contributed by atoms with van der Waals surface area (Å²) in [6.07, 6.45) is 3.85. The van der Waals surface area contributed by atoms with Crippen LogP contribution in [0.1, 0.15) is 12.8 Å². The lowest BCUT2D eigenvalue weighted by Crippen LogP contribution is -2.12. The fourth-order valence-corrected chi connectivity index (χ4v) is 1.25. The van der Waals surface area contributed by atoms with Gasteiger partial charge >= 0.3 is 0 Å². The highest BCUT2D eigenvalue weighted by atomic mass is 35.5. The first-order valence-electron chi connectivity index (χ1n) is 3.40. The van der Waals surface area contributed by atoms with Gasteiger partial charge in [0.1, 0.15) is 0 Å². The number of hydrogen-bond acceptors (Lipinski definition) is 2. The maximum absolute atomic E-state index is 8.67. The molecule has 2 atom stereocenters. The Kier molecular flexibility index (Phi) is 3.19. The van der Waals surface area contributed by atoms with E-state index >= 15 is 0 Å². The van der Waals surface area contributed by atoms with E-state index in [4.69, 9.17) is 21.4 Å². The van der Waals surface area contributed by atoms with Crippen LogP contribution in [0.4, 0.5) is 0 Å². The summed E-state index contributed by atoms with van der Waals surface area (Å²) >= 11 is 5.35. The predicted octanol–water partition coefficient (Wildman–Crippen LogP) is 1.28. The molecule has 58 valence electrons. The number of ether oxygens (including phenoxy) is 1. The minimum absolute atomic E-state index is 0.0258. The van der Waals surface area contributed by atoms with Gasteiger partial charge in [0.2, 0.25) is 0 Å². The van der Waals surface area contributed by atoms with Gasteiger partial charge in [0.15, 0.2) is 0 Å². The lowest BCUT2D eigenvalue weighted by atomic mass is 10.2. The third-order valence-corrected chi connectivity index (χ3v) is 1.78. The second kappa shape index (κ2) is 3.96. The van der Waals surface area contributed by atoms with Crippen molar-refractivity contribution >= 4 is 11.6 Å². The quantitative estimate of drug-likeness (QED) is 0.663. The normalized spacial score (nSPS) is 33.8. The van der Waals surface area contributed by atoms with E-state index in [-0.39, 0.29) is 18.8 Å². The summed E-state index contributed by atoms with van der Waals surface area (Å²) in [7, 11) is 0. The monoisotopic (exact) mass is 162 g/mol. The third kappa shape index (κ3) is 1.97. The minimum atomic E-state index is 0.0258. The van der Waals surface area contributed by atoms with E-state index in [1.807, 2.05) is 0 Å². The average molecular weight is 163 g/mol. The van der Waals surface area contributed by atoms with E-state index in [9.17, 15) is 0 Å². The summed E-state index contributed by atoms with van der Waals surface area (Å²) in [6, 6.07) is 0. The summed E-state index contributed by atoms with van der Waals surface area (Å²) in [5.74, 6) is 0. The number of rotatable bonds is 2. The van der Waals surface area contributed by atoms with Gasteiger partial charge in [-0.1, -0.05) is 11.6 Å². The van der Waals surface area contributed by atoms with Gasteiger partial charge in [0.25, 0.3) is 0 Å². The van der Waals surface area contributed by atoms with Crippen molar-refractivity contribution in [3.63, 3.8) is 0 Å². The van der Waals surface area contributed by atoms with Crippen molar-refractivity contribution in [3.05, 3.63) is 11.6 Å². The Bertz CT molecular complexity index is 125. The van der Waals surface area contributed by atoms with Crippen LogP contribution < -0.4 is 0 Å². The summed E-state index contributed by atoms with van der Waals surface area (Å²) in [5.41, 5.74) is 1.46. The highest BCUT2D eigenvalue weighted by Gasteiger charge is 2.21. The summed E-state index contributed by atoms with van der Waals surface area (Å²) in [6.45, 7) is 0.118. The Morgan fingerprint density at radius 2 is 2.40 bits per heavy atom. The predicted molar refractivity (Wildman–Crippen MR) is 40.0 cm³/mol. The van der Waals surface area contributed by atoms with Gasteiger partial charge in [-0.15, -0.1) is 0 Å². The first kappa shape index (κ1) is 8.05. The standard InChI is InChI=1S/C7H11ClO2/c8-4-3-6-1-2-7(5-9)10-6/h3-4,6-7,9H,1-2,5H2/b4-3+/t6-,7-/m0/s1. The summed E-state index contributed by atoms with van der Waals surface area (Å²) < 4.78 is 5.33. The molecular formula is C7H11ClO2. The topological polar surface area (TPSA) is 29.5 Å². The molecule has 0 aliphatic carbocycles. The van der Waals surface area contributed by atoms with Gasteiger partial charge in [-0.25, -0.2) is 0 Å². The number of aliphatic hydroxyl groups is 1. The second-order valence-corrected chi connectivity index (χ2v) is 2.63. The Morgan fingerprint density at radius 3 is 2.90 bits per heavy atom. The largest absolute Gasteiger partial charge is 0.394 e. The van der Waals surface area contributed by atoms with Crippen molar-refractivity contribution in [2.24, 2.45) is 0 Å². The van der Waals surface area contributed by atoms with Crippen LogP contribution in [0.25, 0.3) is 0 Å². The maximum atomic E-state index is 8.67. The lowest BCUT2D eigenvalue weighted by molar-refractivity contribution is 0.0311. The molecule has 0 saturated carbocycles. The van der Waals surface area contributed by atoms with Crippen LogP contribution in [0, 0.1) is 0 Å². The molecule has 1 saturated heterocycles. The first-order chi connectivity index (χ1) is 4.86. The van der Waals surface area contributed by atoms with E-state index in [1.165, 1.54) is 5.54 Å². The molecular weight excluding hydrogens is 152 g/mol. The van der Waals surface area contributed by atoms with Crippen LogP contribution in [0.2, 0.25) is 0 Å². The Hall–Kier alpha value is -0.0500. The van der Waals surface area contributed by atoms with Gasteiger partial charge in [-0.2, -0.15) is 0 Å². The SMILES string of the molecule is OC[C@@H]1CC[C@@H](/C=C/Cl)O1. The lowest BCUT2D eigenvalue weighted by Gasteiger charge is -2.06. The number of aliphatic hydroxyl groups excluding tert-OH is 1. The molecule has 0 aromatic rings. The van der Waals surface area contributed by atoms with Crippen molar-refractivity contribution in [3.8, 4) is 0 Å². The number of halogens is 1. The van der Waals surface area contributed by atoms with Crippen LogP contribution in [-0.2, 0) is 4.74 Å². The van der Waals surface area contributed by atoms with Crippen molar-refractivity contribution in [1.82, 2.24) is 0 Å². The fraction of sp³-hybridized carbons (Fsp3) is 0.714. The zero-order valence-electron chi connectivity index (χ0n) is 5.66. The Balaban J connectivity index is 2.28. The molecule has 10 heavy (non-hydrogen) atoms. The molecule has 0 unspecified atom stereocenters. The van der Waals surface area contributed by atoms with Gasteiger partial charge in [0, 0.05) is 5.54 Å². The van der Waals surface area contributed by atoms with Crippen LogP contribution in [-0.4, -0.2) is 23.9 Å². The zero-order chi connectivity index (χ0) is 7.40.